The molecule has 8 heteroatoms. The molecule has 180 valence electrons. The number of aryl methyl sites for hydroxylation is 1. The molecule has 3 aromatic rings. The lowest BCUT2D eigenvalue weighted by atomic mass is 9.93. The van der Waals surface area contributed by atoms with Gasteiger partial charge in [-0.2, -0.15) is 0 Å². The molecule has 1 aliphatic rings. The van der Waals surface area contributed by atoms with E-state index in [1.807, 2.05) is 24.3 Å². The molecule has 1 atom stereocenters. The van der Waals surface area contributed by atoms with Gasteiger partial charge in [0.25, 0.3) is 5.78 Å². The van der Waals surface area contributed by atoms with Crippen LogP contribution in [0.5, 0.6) is 0 Å². The molecule has 1 aromatic heterocycles. The highest BCUT2D eigenvalue weighted by molar-refractivity contribution is 7.17. The SMILES string of the molecule is CCOC(=O)c1sc(N2C(=O)C(=O)C(=C(O)c3ccccc3)[C@H]2c2ccc(C(C)C)cc2)nc1C. The first-order chi connectivity index (χ1) is 16.7. The number of thiazole rings is 1. The fourth-order valence-electron chi connectivity index (χ4n) is 4.03. The third-order valence-electron chi connectivity index (χ3n) is 5.86. The second-order valence-corrected chi connectivity index (χ2v) is 9.47. The molecule has 1 saturated heterocycles. The van der Waals surface area contributed by atoms with Crippen molar-refractivity contribution in [1.82, 2.24) is 4.98 Å². The fourth-order valence-corrected chi connectivity index (χ4v) is 5.02. The Bertz CT molecular complexity index is 1310. The number of carbonyl (C=O) groups excluding carboxylic acids is 3. The predicted octanol–water partition coefficient (Wildman–Crippen LogP) is 5.38. The maximum atomic E-state index is 13.3. The summed E-state index contributed by atoms with van der Waals surface area (Å²) in [6.45, 7) is 7.71. The smallest absolute Gasteiger partial charge is 0.350 e. The Balaban J connectivity index is 1.90. The summed E-state index contributed by atoms with van der Waals surface area (Å²) in [5.74, 6) is -2.12. The molecule has 35 heavy (non-hydrogen) atoms. The van der Waals surface area contributed by atoms with Crippen LogP contribution in [-0.2, 0) is 14.3 Å². The van der Waals surface area contributed by atoms with Crippen LogP contribution in [0.4, 0.5) is 5.13 Å². The molecule has 0 spiro atoms. The number of amides is 1. The van der Waals surface area contributed by atoms with Gasteiger partial charge in [-0.1, -0.05) is 79.8 Å². The van der Waals surface area contributed by atoms with E-state index >= 15 is 0 Å². The van der Waals surface area contributed by atoms with E-state index in [0.29, 0.717) is 22.7 Å². The zero-order valence-electron chi connectivity index (χ0n) is 19.9. The molecule has 4 rings (SSSR count). The molecule has 1 aliphatic heterocycles. The van der Waals surface area contributed by atoms with Crippen molar-refractivity contribution in [3.05, 3.63) is 87.4 Å². The van der Waals surface area contributed by atoms with Crippen LogP contribution < -0.4 is 4.90 Å². The summed E-state index contributed by atoms with van der Waals surface area (Å²) in [4.78, 5) is 44.9. The standard InChI is InChI=1S/C27H26N2O5S/c1-5-34-26(33)24-16(4)28-27(35-24)29-21(18-13-11-17(12-14-18)15(2)3)20(23(31)25(29)32)22(30)19-9-7-6-8-10-19/h6-15,21,30H,5H2,1-4H3/t21-/m1/s1. The number of ketones is 1. The Labute approximate surface area is 207 Å². The number of aliphatic hydroxyl groups is 1. The summed E-state index contributed by atoms with van der Waals surface area (Å²) in [5, 5.41) is 11.3. The zero-order valence-corrected chi connectivity index (χ0v) is 20.8. The van der Waals surface area contributed by atoms with Crippen molar-refractivity contribution in [2.45, 2.75) is 39.7 Å². The maximum absolute atomic E-state index is 13.3. The highest BCUT2D eigenvalue weighted by Gasteiger charge is 2.48. The number of anilines is 1. The van der Waals surface area contributed by atoms with Crippen LogP contribution in [0.15, 0.2) is 60.2 Å². The Hall–Kier alpha value is -3.78. The van der Waals surface area contributed by atoms with Gasteiger partial charge in [-0.3, -0.25) is 14.5 Å². The number of ether oxygens (including phenoxy) is 1. The van der Waals surface area contributed by atoms with Crippen LogP contribution in [-0.4, -0.2) is 34.4 Å². The second kappa shape index (κ2) is 9.84. The molecule has 1 fully saturated rings. The van der Waals surface area contributed by atoms with Crippen LogP contribution in [0.25, 0.3) is 5.76 Å². The zero-order chi connectivity index (χ0) is 25.3. The average Bonchev–Trinajstić information content (AvgIpc) is 3.36. The van der Waals surface area contributed by atoms with Gasteiger partial charge < -0.3 is 9.84 Å². The number of carbonyl (C=O) groups is 3. The van der Waals surface area contributed by atoms with Crippen molar-refractivity contribution in [1.29, 1.82) is 0 Å². The quantitative estimate of drug-likeness (QED) is 0.216. The number of hydrogen-bond acceptors (Lipinski definition) is 7. The predicted molar refractivity (Wildman–Crippen MR) is 135 cm³/mol. The van der Waals surface area contributed by atoms with Gasteiger partial charge in [-0.25, -0.2) is 9.78 Å². The molecule has 0 unspecified atom stereocenters. The monoisotopic (exact) mass is 490 g/mol. The lowest BCUT2D eigenvalue weighted by Gasteiger charge is -2.23. The molecule has 0 saturated carbocycles. The molecule has 0 bridgehead atoms. The molecule has 2 heterocycles. The number of esters is 1. The normalized spacial score (nSPS) is 17.3. The lowest BCUT2D eigenvalue weighted by Crippen LogP contribution is -2.29. The topological polar surface area (TPSA) is 96.8 Å². The van der Waals surface area contributed by atoms with E-state index in [-0.39, 0.29) is 27.9 Å². The number of nitrogens with zero attached hydrogens (tertiary/aromatic N) is 2. The van der Waals surface area contributed by atoms with E-state index in [2.05, 4.69) is 18.8 Å². The average molecular weight is 491 g/mol. The minimum Gasteiger partial charge on any atom is -0.507 e. The molecule has 1 N–H and O–H groups in total. The number of rotatable bonds is 6. The number of aliphatic hydroxyl groups excluding tert-OH is 1. The maximum Gasteiger partial charge on any atom is 0.350 e. The minimum atomic E-state index is -0.906. The third-order valence-corrected chi connectivity index (χ3v) is 7.00. The summed E-state index contributed by atoms with van der Waals surface area (Å²) < 4.78 is 5.11. The van der Waals surface area contributed by atoms with Crippen LogP contribution >= 0.6 is 11.3 Å². The first kappa shape index (κ1) is 24.3. The van der Waals surface area contributed by atoms with Gasteiger partial charge in [0, 0.05) is 5.56 Å². The number of Topliss-reactive ketones (excluding diaryl/α,β-unsaturated/α-hetero) is 1. The summed E-state index contributed by atoms with van der Waals surface area (Å²) >= 11 is 0.990. The van der Waals surface area contributed by atoms with E-state index in [4.69, 9.17) is 4.74 Å². The highest BCUT2D eigenvalue weighted by atomic mass is 32.1. The van der Waals surface area contributed by atoms with Gasteiger partial charge in [0.05, 0.1) is 23.9 Å². The van der Waals surface area contributed by atoms with Crippen LogP contribution in [0, 0.1) is 6.92 Å². The van der Waals surface area contributed by atoms with E-state index in [1.165, 1.54) is 4.90 Å². The van der Waals surface area contributed by atoms with Gasteiger partial charge in [-0.15, -0.1) is 0 Å². The lowest BCUT2D eigenvalue weighted by molar-refractivity contribution is -0.132. The van der Waals surface area contributed by atoms with Crippen molar-refractivity contribution in [3.8, 4) is 0 Å². The largest absolute Gasteiger partial charge is 0.507 e. The van der Waals surface area contributed by atoms with Crippen molar-refractivity contribution < 1.29 is 24.2 Å². The van der Waals surface area contributed by atoms with Crippen LogP contribution in [0.3, 0.4) is 0 Å². The summed E-state index contributed by atoms with van der Waals surface area (Å²) in [6.07, 6.45) is 0. The van der Waals surface area contributed by atoms with Gasteiger partial charge in [-0.05, 0) is 30.9 Å². The van der Waals surface area contributed by atoms with Gasteiger partial charge in [0.1, 0.15) is 10.6 Å². The highest BCUT2D eigenvalue weighted by Crippen LogP contribution is 2.44. The van der Waals surface area contributed by atoms with Gasteiger partial charge in [0.2, 0.25) is 0 Å². The summed E-state index contributed by atoms with van der Waals surface area (Å²) in [6, 6.07) is 15.3. The van der Waals surface area contributed by atoms with Gasteiger partial charge in [0.15, 0.2) is 5.13 Å². The fraction of sp³-hybridized carbons (Fsp3) is 0.259. The molecule has 1 amide bonds. The van der Waals surface area contributed by atoms with E-state index in [1.54, 1.807) is 44.2 Å². The van der Waals surface area contributed by atoms with Crippen molar-refractivity contribution >= 4 is 39.9 Å². The number of benzene rings is 2. The molecular weight excluding hydrogens is 464 g/mol. The third kappa shape index (κ3) is 4.49. The summed E-state index contributed by atoms with van der Waals surface area (Å²) in [5.41, 5.74) is 2.56. The minimum absolute atomic E-state index is 0.0240. The van der Waals surface area contributed by atoms with Crippen LogP contribution in [0.1, 0.15) is 64.8 Å². The van der Waals surface area contributed by atoms with Crippen LogP contribution in [0.2, 0.25) is 0 Å². The second-order valence-electron chi connectivity index (χ2n) is 8.49. The van der Waals surface area contributed by atoms with Gasteiger partial charge >= 0.3 is 11.9 Å². The first-order valence-corrected chi connectivity index (χ1v) is 12.2. The molecule has 0 aliphatic carbocycles. The molecule has 7 nitrogen and oxygen atoms in total. The number of aromatic nitrogens is 1. The van der Waals surface area contributed by atoms with Crippen molar-refractivity contribution in [3.63, 3.8) is 0 Å². The van der Waals surface area contributed by atoms with Crippen molar-refractivity contribution in [2.24, 2.45) is 0 Å². The van der Waals surface area contributed by atoms with E-state index < -0.39 is 23.7 Å². The number of hydrogen-bond donors (Lipinski definition) is 1. The van der Waals surface area contributed by atoms with Crippen molar-refractivity contribution in [2.75, 3.05) is 11.5 Å². The van der Waals surface area contributed by atoms with E-state index in [9.17, 15) is 19.5 Å². The van der Waals surface area contributed by atoms with E-state index in [0.717, 1.165) is 16.9 Å². The Kier molecular flexibility index (Phi) is 6.84. The first-order valence-electron chi connectivity index (χ1n) is 11.3. The molecule has 2 aromatic carbocycles. The molecule has 0 radical (unpaired) electrons. The molecular formula is C27H26N2O5S. The Morgan fingerprint density at radius 2 is 1.77 bits per heavy atom. The Morgan fingerprint density at radius 1 is 1.11 bits per heavy atom. The Morgan fingerprint density at radius 3 is 2.37 bits per heavy atom. The summed E-state index contributed by atoms with van der Waals surface area (Å²) in [7, 11) is 0.